The van der Waals surface area contributed by atoms with E-state index in [2.05, 4.69) is 61.0 Å². The Morgan fingerprint density at radius 3 is 2.00 bits per heavy atom. The molecule has 1 aliphatic heterocycles. The SMILES string of the molecule is CCc1ccc(CN(CC)Cc2cccc(O)c2)cc1.CN1CCCC1. The van der Waals surface area contributed by atoms with E-state index in [1.54, 1.807) is 6.07 Å². The predicted octanol–water partition coefficient (Wildman–Crippen LogP) is 4.69. The first-order valence-corrected chi connectivity index (χ1v) is 9.87. The van der Waals surface area contributed by atoms with Crippen LogP contribution in [0.3, 0.4) is 0 Å². The van der Waals surface area contributed by atoms with Crippen LogP contribution in [0.4, 0.5) is 0 Å². The average Bonchev–Trinajstić information content (AvgIpc) is 3.13. The Morgan fingerprint density at radius 2 is 1.50 bits per heavy atom. The van der Waals surface area contributed by atoms with E-state index in [9.17, 15) is 5.11 Å². The van der Waals surface area contributed by atoms with Gasteiger partial charge < -0.3 is 10.0 Å². The van der Waals surface area contributed by atoms with Gasteiger partial charge in [-0.05, 0) is 74.8 Å². The van der Waals surface area contributed by atoms with Crippen LogP contribution in [0.2, 0.25) is 0 Å². The van der Waals surface area contributed by atoms with Gasteiger partial charge in [-0.1, -0.05) is 50.2 Å². The normalized spacial score (nSPS) is 14.3. The summed E-state index contributed by atoms with van der Waals surface area (Å²) in [6.45, 7) is 9.78. The monoisotopic (exact) mass is 354 g/mol. The molecular weight excluding hydrogens is 320 g/mol. The van der Waals surface area contributed by atoms with Crippen molar-refractivity contribution in [1.82, 2.24) is 9.80 Å². The van der Waals surface area contributed by atoms with E-state index < -0.39 is 0 Å². The minimum absolute atomic E-state index is 0.339. The van der Waals surface area contributed by atoms with Crippen molar-refractivity contribution in [3.63, 3.8) is 0 Å². The van der Waals surface area contributed by atoms with Crippen molar-refractivity contribution < 1.29 is 5.11 Å². The van der Waals surface area contributed by atoms with E-state index in [-0.39, 0.29) is 0 Å². The van der Waals surface area contributed by atoms with Gasteiger partial charge in [0, 0.05) is 13.1 Å². The number of rotatable bonds is 6. The van der Waals surface area contributed by atoms with Crippen LogP contribution >= 0.6 is 0 Å². The highest BCUT2D eigenvalue weighted by Crippen LogP contribution is 2.15. The van der Waals surface area contributed by atoms with Crippen molar-refractivity contribution in [3.8, 4) is 5.75 Å². The summed E-state index contributed by atoms with van der Waals surface area (Å²) < 4.78 is 0. The number of likely N-dealkylation sites (tertiary alicyclic amines) is 1. The number of hydrogen-bond acceptors (Lipinski definition) is 3. The van der Waals surface area contributed by atoms with Crippen molar-refractivity contribution >= 4 is 0 Å². The molecule has 0 spiro atoms. The van der Waals surface area contributed by atoms with Crippen molar-refractivity contribution in [2.24, 2.45) is 0 Å². The maximum Gasteiger partial charge on any atom is 0.115 e. The van der Waals surface area contributed by atoms with Gasteiger partial charge in [0.05, 0.1) is 0 Å². The lowest BCUT2D eigenvalue weighted by Gasteiger charge is -2.21. The molecule has 1 heterocycles. The second-order valence-electron chi connectivity index (χ2n) is 7.15. The number of hydrogen-bond donors (Lipinski definition) is 1. The fourth-order valence-corrected chi connectivity index (χ4v) is 3.21. The molecule has 3 heteroatoms. The third-order valence-corrected chi connectivity index (χ3v) is 4.93. The molecule has 26 heavy (non-hydrogen) atoms. The van der Waals surface area contributed by atoms with Crippen LogP contribution in [0.5, 0.6) is 5.75 Å². The van der Waals surface area contributed by atoms with E-state index in [1.165, 1.54) is 37.1 Å². The Bertz CT molecular complexity index is 633. The molecular formula is C23H34N2O. The van der Waals surface area contributed by atoms with Crippen LogP contribution in [-0.2, 0) is 19.5 Å². The van der Waals surface area contributed by atoms with Crippen LogP contribution in [0, 0.1) is 0 Å². The number of phenols is 1. The van der Waals surface area contributed by atoms with Crippen molar-refractivity contribution in [2.75, 3.05) is 26.7 Å². The molecule has 1 N–H and O–H groups in total. The van der Waals surface area contributed by atoms with Gasteiger partial charge in [-0.15, -0.1) is 0 Å². The topological polar surface area (TPSA) is 26.7 Å². The van der Waals surface area contributed by atoms with E-state index >= 15 is 0 Å². The summed E-state index contributed by atoms with van der Waals surface area (Å²) in [6, 6.07) is 16.3. The van der Waals surface area contributed by atoms with Crippen LogP contribution in [0.15, 0.2) is 48.5 Å². The standard InChI is InChI=1S/C18H23NO.C5H11N/c1-3-15-8-10-16(11-9-15)13-19(4-2)14-17-6-5-7-18(20)12-17;1-6-4-2-3-5-6/h5-12,20H,3-4,13-14H2,1-2H3;2-5H2,1H3. The van der Waals surface area contributed by atoms with Crippen LogP contribution in [0.25, 0.3) is 0 Å². The molecule has 142 valence electrons. The summed E-state index contributed by atoms with van der Waals surface area (Å²) in [4.78, 5) is 4.73. The Balaban J connectivity index is 0.000000342. The van der Waals surface area contributed by atoms with Crippen molar-refractivity contribution in [3.05, 3.63) is 65.2 Å². The maximum atomic E-state index is 9.53. The number of aryl methyl sites for hydroxylation is 1. The molecule has 3 rings (SSSR count). The summed E-state index contributed by atoms with van der Waals surface area (Å²) in [5.74, 6) is 0.339. The highest BCUT2D eigenvalue weighted by atomic mass is 16.3. The van der Waals surface area contributed by atoms with Gasteiger partial charge in [-0.2, -0.15) is 0 Å². The number of nitrogens with zero attached hydrogens (tertiary/aromatic N) is 2. The van der Waals surface area contributed by atoms with Crippen molar-refractivity contribution in [1.29, 1.82) is 0 Å². The zero-order valence-electron chi connectivity index (χ0n) is 16.6. The van der Waals surface area contributed by atoms with Gasteiger partial charge in [-0.3, -0.25) is 4.90 Å². The quantitative estimate of drug-likeness (QED) is 0.815. The van der Waals surface area contributed by atoms with E-state index in [0.717, 1.165) is 31.6 Å². The molecule has 0 bridgehead atoms. The van der Waals surface area contributed by atoms with E-state index in [1.807, 2.05) is 12.1 Å². The lowest BCUT2D eigenvalue weighted by molar-refractivity contribution is 0.271. The molecule has 0 aliphatic carbocycles. The molecule has 2 aromatic rings. The number of phenolic OH excluding ortho intramolecular Hbond substituents is 1. The van der Waals surface area contributed by atoms with Crippen LogP contribution in [0.1, 0.15) is 43.4 Å². The van der Waals surface area contributed by atoms with Gasteiger partial charge in [-0.25, -0.2) is 0 Å². The summed E-state index contributed by atoms with van der Waals surface area (Å²) in [6.07, 6.45) is 3.91. The average molecular weight is 355 g/mol. The smallest absolute Gasteiger partial charge is 0.115 e. The predicted molar refractivity (Wildman–Crippen MR) is 110 cm³/mol. The zero-order chi connectivity index (χ0) is 18.8. The molecule has 2 aromatic carbocycles. The maximum absolute atomic E-state index is 9.53. The van der Waals surface area contributed by atoms with Crippen LogP contribution < -0.4 is 0 Å². The minimum Gasteiger partial charge on any atom is -0.508 e. The summed E-state index contributed by atoms with van der Waals surface area (Å²) in [5.41, 5.74) is 3.87. The summed E-state index contributed by atoms with van der Waals surface area (Å²) in [5, 5.41) is 9.53. The first kappa shape index (κ1) is 20.5. The van der Waals surface area contributed by atoms with Gasteiger partial charge in [0.25, 0.3) is 0 Å². The van der Waals surface area contributed by atoms with Gasteiger partial charge in [0.15, 0.2) is 0 Å². The van der Waals surface area contributed by atoms with E-state index in [0.29, 0.717) is 5.75 Å². The molecule has 0 amide bonds. The van der Waals surface area contributed by atoms with Gasteiger partial charge >= 0.3 is 0 Å². The molecule has 1 saturated heterocycles. The first-order chi connectivity index (χ1) is 12.6. The molecule has 1 fully saturated rings. The number of benzene rings is 2. The number of aromatic hydroxyl groups is 1. The molecule has 1 aliphatic rings. The Kier molecular flexibility index (Phi) is 8.66. The Hall–Kier alpha value is -1.84. The third kappa shape index (κ3) is 7.19. The highest BCUT2D eigenvalue weighted by molar-refractivity contribution is 5.27. The third-order valence-electron chi connectivity index (χ3n) is 4.93. The molecule has 0 radical (unpaired) electrons. The van der Waals surface area contributed by atoms with E-state index in [4.69, 9.17) is 0 Å². The van der Waals surface area contributed by atoms with Gasteiger partial charge in [0.2, 0.25) is 0 Å². The second kappa shape index (κ2) is 11.0. The molecule has 3 nitrogen and oxygen atoms in total. The zero-order valence-corrected chi connectivity index (χ0v) is 16.6. The lowest BCUT2D eigenvalue weighted by atomic mass is 10.1. The Labute approximate surface area is 159 Å². The fraction of sp³-hybridized carbons (Fsp3) is 0.478. The lowest BCUT2D eigenvalue weighted by Crippen LogP contribution is -2.22. The van der Waals surface area contributed by atoms with Gasteiger partial charge in [0.1, 0.15) is 5.75 Å². The molecule has 0 saturated carbocycles. The second-order valence-corrected chi connectivity index (χ2v) is 7.15. The molecule has 0 atom stereocenters. The minimum atomic E-state index is 0.339. The summed E-state index contributed by atoms with van der Waals surface area (Å²) >= 11 is 0. The van der Waals surface area contributed by atoms with Crippen LogP contribution in [-0.4, -0.2) is 41.6 Å². The fourth-order valence-electron chi connectivity index (χ4n) is 3.21. The Morgan fingerprint density at radius 1 is 0.885 bits per heavy atom. The first-order valence-electron chi connectivity index (χ1n) is 9.87. The largest absolute Gasteiger partial charge is 0.508 e. The molecule has 0 unspecified atom stereocenters. The summed E-state index contributed by atoms with van der Waals surface area (Å²) in [7, 11) is 2.17. The highest BCUT2D eigenvalue weighted by Gasteiger charge is 2.06. The van der Waals surface area contributed by atoms with Crippen molar-refractivity contribution in [2.45, 2.75) is 46.2 Å². The molecule has 0 aromatic heterocycles.